The number of rotatable bonds is 4. The molecule has 0 unspecified atom stereocenters. The van der Waals surface area contributed by atoms with Crippen molar-refractivity contribution in [1.82, 2.24) is 24.9 Å². The summed E-state index contributed by atoms with van der Waals surface area (Å²) in [5, 5.41) is 17.8. The van der Waals surface area contributed by atoms with Gasteiger partial charge in [0.2, 0.25) is 5.88 Å². The Morgan fingerprint density at radius 1 is 1.17 bits per heavy atom. The van der Waals surface area contributed by atoms with Crippen molar-refractivity contribution >= 4 is 5.91 Å². The molecule has 1 aliphatic heterocycles. The standard InChI is InChI=1S/C22H22N6O2/c1-15-9-10-24-21(19(15)13-23)30-17-8-7-16(2)27(14-17)22(29)18-5-3-4-6-20(18)28-25-11-12-26-28/h3-6,9-12,16-17H,7-8,14H2,1-2H3/t16-,17-/m1/s1. The number of pyridine rings is 1. The summed E-state index contributed by atoms with van der Waals surface area (Å²) in [6.07, 6.45) is 6.14. The van der Waals surface area contributed by atoms with Crippen molar-refractivity contribution in [3.05, 3.63) is 65.6 Å². The molecule has 0 bridgehead atoms. The lowest BCUT2D eigenvalue weighted by molar-refractivity contribution is 0.0371. The second kappa shape index (κ2) is 8.33. The molecule has 1 aromatic carbocycles. The van der Waals surface area contributed by atoms with Crippen molar-refractivity contribution in [3.8, 4) is 17.6 Å². The van der Waals surface area contributed by atoms with Crippen LogP contribution >= 0.6 is 0 Å². The number of likely N-dealkylation sites (tertiary alicyclic amines) is 1. The minimum absolute atomic E-state index is 0.0666. The van der Waals surface area contributed by atoms with Gasteiger partial charge in [0.15, 0.2) is 0 Å². The predicted octanol–water partition coefficient (Wildman–Crippen LogP) is 2.91. The summed E-state index contributed by atoms with van der Waals surface area (Å²) in [4.78, 5) is 20.9. The zero-order valence-electron chi connectivity index (χ0n) is 16.9. The highest BCUT2D eigenvalue weighted by atomic mass is 16.5. The van der Waals surface area contributed by atoms with Crippen molar-refractivity contribution < 1.29 is 9.53 Å². The van der Waals surface area contributed by atoms with Crippen molar-refractivity contribution in [2.24, 2.45) is 0 Å². The van der Waals surface area contributed by atoms with Gasteiger partial charge in [0.05, 0.1) is 30.2 Å². The Hall–Kier alpha value is -3.73. The Kier molecular flexibility index (Phi) is 5.44. The molecule has 3 heterocycles. The van der Waals surface area contributed by atoms with Crippen LogP contribution in [-0.2, 0) is 0 Å². The Labute approximate surface area is 174 Å². The molecule has 4 rings (SSSR count). The summed E-state index contributed by atoms with van der Waals surface area (Å²) in [6.45, 7) is 4.31. The predicted molar refractivity (Wildman–Crippen MR) is 109 cm³/mol. The van der Waals surface area contributed by atoms with Crippen LogP contribution in [0.4, 0.5) is 0 Å². The molecule has 1 amide bonds. The van der Waals surface area contributed by atoms with E-state index in [0.29, 0.717) is 29.2 Å². The summed E-state index contributed by atoms with van der Waals surface area (Å²) in [5.41, 5.74) is 2.42. The third kappa shape index (κ3) is 3.74. The molecule has 30 heavy (non-hydrogen) atoms. The van der Waals surface area contributed by atoms with Gasteiger partial charge in [-0.3, -0.25) is 4.79 Å². The molecule has 0 aliphatic carbocycles. The summed E-state index contributed by atoms with van der Waals surface area (Å²) in [5.74, 6) is 0.229. The van der Waals surface area contributed by atoms with E-state index in [1.807, 2.05) is 36.9 Å². The SMILES string of the molecule is Cc1ccnc(O[C@@H]2CC[C@@H](C)N(C(=O)c3ccccc3-n3nccn3)C2)c1C#N. The van der Waals surface area contributed by atoms with Crippen molar-refractivity contribution in [2.75, 3.05) is 6.54 Å². The molecular formula is C22H22N6O2. The molecule has 0 spiro atoms. The molecule has 1 saturated heterocycles. The molecular weight excluding hydrogens is 380 g/mol. The van der Waals surface area contributed by atoms with E-state index in [1.165, 1.54) is 4.80 Å². The van der Waals surface area contributed by atoms with E-state index in [1.54, 1.807) is 30.7 Å². The van der Waals surface area contributed by atoms with E-state index in [4.69, 9.17) is 4.74 Å². The highest BCUT2D eigenvalue weighted by Crippen LogP contribution is 2.26. The molecule has 0 radical (unpaired) electrons. The average Bonchev–Trinajstić information content (AvgIpc) is 3.30. The Bertz CT molecular complexity index is 1090. The Morgan fingerprint density at radius 3 is 2.70 bits per heavy atom. The first-order valence-electron chi connectivity index (χ1n) is 9.87. The van der Waals surface area contributed by atoms with Gasteiger partial charge >= 0.3 is 0 Å². The van der Waals surface area contributed by atoms with E-state index in [9.17, 15) is 10.1 Å². The summed E-state index contributed by atoms with van der Waals surface area (Å²) >= 11 is 0. The summed E-state index contributed by atoms with van der Waals surface area (Å²) in [6, 6.07) is 11.3. The van der Waals surface area contributed by atoms with Gasteiger partial charge < -0.3 is 9.64 Å². The first kappa shape index (κ1) is 19.6. The molecule has 0 saturated carbocycles. The van der Waals surface area contributed by atoms with Gasteiger partial charge in [0, 0.05) is 12.2 Å². The molecule has 8 nitrogen and oxygen atoms in total. The van der Waals surface area contributed by atoms with Crippen LogP contribution in [0.3, 0.4) is 0 Å². The molecule has 0 N–H and O–H groups in total. The third-order valence-corrected chi connectivity index (χ3v) is 5.38. The minimum Gasteiger partial charge on any atom is -0.472 e. The average molecular weight is 402 g/mol. The monoisotopic (exact) mass is 402 g/mol. The quantitative estimate of drug-likeness (QED) is 0.666. The zero-order valence-corrected chi connectivity index (χ0v) is 16.9. The van der Waals surface area contributed by atoms with Crippen molar-refractivity contribution in [1.29, 1.82) is 5.26 Å². The van der Waals surface area contributed by atoms with E-state index in [0.717, 1.165) is 18.4 Å². The van der Waals surface area contributed by atoms with Crippen LogP contribution in [-0.4, -0.2) is 49.5 Å². The fraction of sp³-hybridized carbons (Fsp3) is 0.318. The lowest BCUT2D eigenvalue weighted by atomic mass is 9.99. The molecule has 8 heteroatoms. The van der Waals surface area contributed by atoms with Crippen LogP contribution in [0.2, 0.25) is 0 Å². The number of carbonyl (C=O) groups is 1. The molecule has 152 valence electrons. The number of para-hydroxylation sites is 1. The minimum atomic E-state index is -0.235. The summed E-state index contributed by atoms with van der Waals surface area (Å²) < 4.78 is 6.07. The number of ether oxygens (including phenoxy) is 1. The molecule has 1 aliphatic rings. The highest BCUT2D eigenvalue weighted by Gasteiger charge is 2.32. The maximum absolute atomic E-state index is 13.4. The van der Waals surface area contributed by atoms with E-state index in [2.05, 4.69) is 21.3 Å². The van der Waals surface area contributed by atoms with E-state index < -0.39 is 0 Å². The molecule has 1 fully saturated rings. The van der Waals surface area contributed by atoms with Crippen LogP contribution < -0.4 is 4.74 Å². The second-order valence-electron chi connectivity index (χ2n) is 7.38. The fourth-order valence-corrected chi connectivity index (χ4v) is 3.69. The molecule has 3 aromatic rings. The van der Waals surface area contributed by atoms with E-state index >= 15 is 0 Å². The van der Waals surface area contributed by atoms with Gasteiger partial charge in [-0.15, -0.1) is 0 Å². The van der Waals surface area contributed by atoms with E-state index in [-0.39, 0.29) is 18.1 Å². The molecule has 2 atom stereocenters. The van der Waals surface area contributed by atoms with Crippen LogP contribution in [0.15, 0.2) is 48.9 Å². The van der Waals surface area contributed by atoms with Crippen LogP contribution in [0.1, 0.15) is 41.3 Å². The number of hydrogen-bond acceptors (Lipinski definition) is 6. The van der Waals surface area contributed by atoms with Crippen LogP contribution in [0, 0.1) is 18.3 Å². The van der Waals surface area contributed by atoms with Gasteiger partial charge in [0.25, 0.3) is 5.91 Å². The smallest absolute Gasteiger partial charge is 0.256 e. The van der Waals surface area contributed by atoms with Gasteiger partial charge in [-0.05, 0) is 50.5 Å². The number of benzene rings is 1. The number of piperidine rings is 1. The van der Waals surface area contributed by atoms with Gasteiger partial charge in [-0.1, -0.05) is 12.1 Å². The Morgan fingerprint density at radius 2 is 1.93 bits per heavy atom. The second-order valence-corrected chi connectivity index (χ2v) is 7.38. The highest BCUT2D eigenvalue weighted by molar-refractivity contribution is 5.98. The summed E-state index contributed by atoms with van der Waals surface area (Å²) in [7, 11) is 0. The van der Waals surface area contributed by atoms with Crippen LogP contribution in [0.25, 0.3) is 5.69 Å². The number of aromatic nitrogens is 4. The number of amides is 1. The van der Waals surface area contributed by atoms with Crippen molar-refractivity contribution in [3.63, 3.8) is 0 Å². The van der Waals surface area contributed by atoms with Gasteiger partial charge in [-0.2, -0.15) is 20.3 Å². The van der Waals surface area contributed by atoms with Crippen molar-refractivity contribution in [2.45, 2.75) is 38.8 Å². The molecule has 2 aromatic heterocycles. The number of hydrogen-bond donors (Lipinski definition) is 0. The largest absolute Gasteiger partial charge is 0.472 e. The zero-order chi connectivity index (χ0) is 21.1. The lowest BCUT2D eigenvalue weighted by Gasteiger charge is -2.38. The number of nitriles is 1. The maximum atomic E-state index is 13.4. The third-order valence-electron chi connectivity index (χ3n) is 5.38. The Balaban J connectivity index is 1.58. The van der Waals surface area contributed by atoms with Gasteiger partial charge in [0.1, 0.15) is 17.7 Å². The lowest BCUT2D eigenvalue weighted by Crippen LogP contribution is -2.49. The fourth-order valence-electron chi connectivity index (χ4n) is 3.69. The number of aryl methyl sites for hydroxylation is 1. The topological polar surface area (TPSA) is 96.9 Å². The normalized spacial score (nSPS) is 18.6. The maximum Gasteiger partial charge on any atom is 0.256 e. The first-order valence-corrected chi connectivity index (χ1v) is 9.87. The first-order chi connectivity index (χ1) is 14.6. The van der Waals surface area contributed by atoms with Gasteiger partial charge in [-0.25, -0.2) is 4.98 Å². The number of nitrogens with zero attached hydrogens (tertiary/aromatic N) is 6. The van der Waals surface area contributed by atoms with Crippen LogP contribution in [0.5, 0.6) is 5.88 Å². The number of carbonyl (C=O) groups excluding carboxylic acids is 1.